The van der Waals surface area contributed by atoms with Crippen molar-refractivity contribution in [3.05, 3.63) is 0 Å². The molecule has 120 valence electrons. The van der Waals surface area contributed by atoms with Crippen LogP contribution < -0.4 is 5.73 Å². The van der Waals surface area contributed by atoms with E-state index in [1.54, 1.807) is 0 Å². The molecule has 3 rings (SSSR count). The van der Waals surface area contributed by atoms with Crippen molar-refractivity contribution in [2.75, 3.05) is 37.9 Å². The van der Waals surface area contributed by atoms with Crippen molar-refractivity contribution in [2.45, 2.75) is 49.8 Å². The zero-order chi connectivity index (χ0) is 14.7. The van der Waals surface area contributed by atoms with Gasteiger partial charge in [0.1, 0.15) is 0 Å². The first-order valence-corrected chi connectivity index (χ1v) is 9.21. The van der Waals surface area contributed by atoms with Gasteiger partial charge in [-0.3, -0.25) is 4.79 Å². The molecule has 3 aliphatic rings. The van der Waals surface area contributed by atoms with Gasteiger partial charge in [0.2, 0.25) is 5.91 Å². The third-order valence-corrected chi connectivity index (χ3v) is 5.99. The Bertz CT molecular complexity index is 362. The molecule has 0 bridgehead atoms. The maximum absolute atomic E-state index is 13.1. The van der Waals surface area contributed by atoms with Crippen molar-refractivity contribution < 1.29 is 14.3 Å². The predicted octanol–water partition coefficient (Wildman–Crippen LogP) is 1.01. The van der Waals surface area contributed by atoms with Crippen molar-refractivity contribution in [1.82, 2.24) is 4.90 Å². The van der Waals surface area contributed by atoms with Gasteiger partial charge in [0.15, 0.2) is 0 Å². The molecule has 0 saturated carbocycles. The average molecular weight is 314 g/mol. The van der Waals surface area contributed by atoms with Crippen molar-refractivity contribution >= 4 is 17.7 Å². The van der Waals surface area contributed by atoms with Crippen LogP contribution in [0.5, 0.6) is 0 Å². The van der Waals surface area contributed by atoms with E-state index in [1.807, 2.05) is 16.7 Å². The number of ether oxygens (including phenoxy) is 2. The van der Waals surface area contributed by atoms with Crippen LogP contribution in [0.3, 0.4) is 0 Å². The summed E-state index contributed by atoms with van der Waals surface area (Å²) < 4.78 is 11.1. The third kappa shape index (κ3) is 3.55. The van der Waals surface area contributed by atoms with Gasteiger partial charge in [-0.25, -0.2) is 0 Å². The van der Waals surface area contributed by atoms with Crippen LogP contribution in [0.15, 0.2) is 0 Å². The largest absolute Gasteiger partial charge is 0.381 e. The van der Waals surface area contributed by atoms with Crippen molar-refractivity contribution in [1.29, 1.82) is 0 Å². The van der Waals surface area contributed by atoms with Crippen LogP contribution in [0.1, 0.15) is 32.1 Å². The zero-order valence-corrected chi connectivity index (χ0v) is 13.4. The topological polar surface area (TPSA) is 64.8 Å². The Morgan fingerprint density at radius 1 is 1.29 bits per heavy atom. The fraction of sp³-hybridized carbons (Fsp3) is 0.933. The van der Waals surface area contributed by atoms with E-state index in [1.165, 1.54) is 0 Å². The predicted molar refractivity (Wildman–Crippen MR) is 83.4 cm³/mol. The molecule has 3 fully saturated rings. The molecule has 0 radical (unpaired) electrons. The highest BCUT2D eigenvalue weighted by Gasteiger charge is 2.42. The molecule has 0 aromatic carbocycles. The highest BCUT2D eigenvalue weighted by molar-refractivity contribution is 7.99. The summed E-state index contributed by atoms with van der Waals surface area (Å²) >= 11 is 1.93. The second-order valence-corrected chi connectivity index (χ2v) is 7.53. The normalized spacial score (nSPS) is 32.2. The van der Waals surface area contributed by atoms with Crippen LogP contribution in [-0.4, -0.2) is 66.4 Å². The lowest BCUT2D eigenvalue weighted by molar-refractivity contribution is -0.144. The molecule has 3 aliphatic heterocycles. The fourth-order valence-corrected chi connectivity index (χ4v) is 4.63. The molecule has 2 atom stereocenters. The number of hydrogen-bond acceptors (Lipinski definition) is 5. The summed E-state index contributed by atoms with van der Waals surface area (Å²) in [7, 11) is 0. The maximum atomic E-state index is 13.1. The summed E-state index contributed by atoms with van der Waals surface area (Å²) in [4.78, 5) is 15.1. The van der Waals surface area contributed by atoms with Gasteiger partial charge in [-0.15, -0.1) is 0 Å². The Kier molecular flexibility index (Phi) is 5.09. The van der Waals surface area contributed by atoms with E-state index in [-0.39, 0.29) is 12.0 Å². The monoisotopic (exact) mass is 314 g/mol. The van der Waals surface area contributed by atoms with Crippen LogP contribution in [0.4, 0.5) is 0 Å². The number of carbonyl (C=O) groups excluding carboxylic acids is 1. The van der Waals surface area contributed by atoms with Gasteiger partial charge in [-0.05, 0) is 37.9 Å². The summed E-state index contributed by atoms with van der Waals surface area (Å²) in [6, 6.07) is 0.329. The number of nitrogens with two attached hydrogens (primary N) is 1. The standard InChI is InChI=1S/C15H26N2O3S/c16-15(4-7-19-8-5-15)14(18)17(12-3-9-21-11-12)10-13-2-1-6-20-13/h12-13H,1-11,16H2. The van der Waals surface area contributed by atoms with Crippen LogP contribution >= 0.6 is 11.8 Å². The molecule has 0 aromatic rings. The summed E-state index contributed by atoms with van der Waals surface area (Å²) in [6.07, 6.45) is 4.71. The molecule has 0 aliphatic carbocycles. The first kappa shape index (κ1) is 15.6. The molecule has 0 aromatic heterocycles. The van der Waals surface area contributed by atoms with E-state index in [2.05, 4.69) is 0 Å². The van der Waals surface area contributed by atoms with E-state index in [9.17, 15) is 4.79 Å². The zero-order valence-electron chi connectivity index (χ0n) is 12.6. The molecule has 3 heterocycles. The van der Waals surface area contributed by atoms with Crippen LogP contribution in [0, 0.1) is 0 Å². The number of rotatable bonds is 4. The van der Waals surface area contributed by atoms with E-state index >= 15 is 0 Å². The Morgan fingerprint density at radius 3 is 2.71 bits per heavy atom. The van der Waals surface area contributed by atoms with Crippen LogP contribution in [0.25, 0.3) is 0 Å². The number of amides is 1. The molecular weight excluding hydrogens is 288 g/mol. The minimum Gasteiger partial charge on any atom is -0.381 e. The lowest BCUT2D eigenvalue weighted by Gasteiger charge is -2.40. The van der Waals surface area contributed by atoms with E-state index in [0.717, 1.165) is 37.4 Å². The molecule has 21 heavy (non-hydrogen) atoms. The maximum Gasteiger partial charge on any atom is 0.243 e. The quantitative estimate of drug-likeness (QED) is 0.839. The minimum atomic E-state index is -0.732. The molecular formula is C15H26N2O3S. The van der Waals surface area contributed by atoms with E-state index in [4.69, 9.17) is 15.2 Å². The Labute approximate surface area is 130 Å². The SMILES string of the molecule is NC1(C(=O)N(CC2CCCO2)C2CCSC2)CCOCC1. The van der Waals surface area contributed by atoms with Crippen molar-refractivity contribution in [2.24, 2.45) is 5.73 Å². The number of thioether (sulfide) groups is 1. The van der Waals surface area contributed by atoms with Crippen LogP contribution in [-0.2, 0) is 14.3 Å². The van der Waals surface area contributed by atoms with Gasteiger partial charge in [0.25, 0.3) is 0 Å². The highest BCUT2D eigenvalue weighted by Crippen LogP contribution is 2.28. The lowest BCUT2D eigenvalue weighted by atomic mass is 9.89. The van der Waals surface area contributed by atoms with Crippen molar-refractivity contribution in [3.63, 3.8) is 0 Å². The Hall–Kier alpha value is -0.300. The highest BCUT2D eigenvalue weighted by atomic mass is 32.2. The van der Waals surface area contributed by atoms with Crippen LogP contribution in [0.2, 0.25) is 0 Å². The summed E-state index contributed by atoms with van der Waals surface area (Å²) in [5, 5.41) is 0. The number of nitrogens with zero attached hydrogens (tertiary/aromatic N) is 1. The number of carbonyl (C=O) groups is 1. The van der Waals surface area contributed by atoms with Gasteiger partial charge < -0.3 is 20.1 Å². The van der Waals surface area contributed by atoms with E-state index < -0.39 is 5.54 Å². The van der Waals surface area contributed by atoms with Crippen molar-refractivity contribution in [3.8, 4) is 0 Å². The molecule has 2 N–H and O–H groups in total. The molecule has 0 spiro atoms. The van der Waals surface area contributed by atoms with E-state index in [0.29, 0.717) is 38.6 Å². The number of hydrogen-bond donors (Lipinski definition) is 1. The second-order valence-electron chi connectivity index (χ2n) is 6.38. The fourth-order valence-electron chi connectivity index (χ4n) is 3.41. The molecule has 1 amide bonds. The minimum absolute atomic E-state index is 0.119. The Balaban J connectivity index is 1.71. The summed E-state index contributed by atoms with van der Waals surface area (Å²) in [5.41, 5.74) is 5.69. The van der Waals surface area contributed by atoms with Gasteiger partial charge >= 0.3 is 0 Å². The molecule has 5 nitrogen and oxygen atoms in total. The van der Waals surface area contributed by atoms with Gasteiger partial charge in [-0.2, -0.15) is 11.8 Å². The summed E-state index contributed by atoms with van der Waals surface area (Å²) in [6.45, 7) is 2.72. The first-order valence-electron chi connectivity index (χ1n) is 8.06. The smallest absolute Gasteiger partial charge is 0.243 e. The first-order chi connectivity index (χ1) is 10.2. The third-order valence-electron chi connectivity index (χ3n) is 4.84. The average Bonchev–Trinajstić information content (AvgIpc) is 3.18. The van der Waals surface area contributed by atoms with Gasteiger partial charge in [0, 0.05) is 38.2 Å². The molecule has 3 saturated heterocycles. The van der Waals surface area contributed by atoms with Gasteiger partial charge in [0.05, 0.1) is 11.6 Å². The Morgan fingerprint density at radius 2 is 2.10 bits per heavy atom. The lowest BCUT2D eigenvalue weighted by Crippen LogP contribution is -2.61. The summed E-state index contributed by atoms with van der Waals surface area (Å²) in [5.74, 6) is 2.29. The van der Waals surface area contributed by atoms with Gasteiger partial charge in [-0.1, -0.05) is 0 Å². The molecule has 6 heteroatoms. The molecule has 2 unspecified atom stereocenters. The second kappa shape index (κ2) is 6.86.